The van der Waals surface area contributed by atoms with Gasteiger partial charge in [-0.2, -0.15) is 0 Å². The van der Waals surface area contributed by atoms with Crippen molar-refractivity contribution in [3.05, 3.63) is 0 Å². The van der Waals surface area contributed by atoms with E-state index < -0.39 is 0 Å². The largest absolute Gasteiger partial charge is 0.380 e. The lowest BCUT2D eigenvalue weighted by Crippen LogP contribution is -2.46. The van der Waals surface area contributed by atoms with Gasteiger partial charge in [-0.1, -0.05) is 19.8 Å². The maximum atomic E-state index is 5.92. The molecule has 2 aliphatic rings. The zero-order valence-corrected chi connectivity index (χ0v) is 8.55. The first-order valence-corrected chi connectivity index (χ1v) is 5.54. The van der Waals surface area contributed by atoms with Gasteiger partial charge in [0.15, 0.2) is 0 Å². The second-order valence-corrected chi connectivity index (χ2v) is 4.56. The molecule has 0 N–H and O–H groups in total. The molecule has 1 saturated carbocycles. The first-order chi connectivity index (χ1) is 6.35. The molecule has 0 unspecified atom stereocenters. The van der Waals surface area contributed by atoms with E-state index in [9.17, 15) is 0 Å². The van der Waals surface area contributed by atoms with Crippen molar-refractivity contribution >= 4 is 0 Å². The predicted octanol–water partition coefficient (Wildman–Crippen LogP) is 2.37. The zero-order valence-electron chi connectivity index (χ0n) is 8.55. The van der Waals surface area contributed by atoms with Crippen molar-refractivity contribution in [3.8, 4) is 0 Å². The summed E-state index contributed by atoms with van der Waals surface area (Å²) in [6.45, 7) is 4.99. The molecule has 1 aliphatic carbocycles. The summed E-state index contributed by atoms with van der Waals surface area (Å²) < 4.78 is 11.2. The summed E-state index contributed by atoms with van der Waals surface area (Å²) in [5.41, 5.74) is 0.378. The minimum atomic E-state index is 0.378. The van der Waals surface area contributed by atoms with Crippen LogP contribution in [0.1, 0.15) is 39.0 Å². The Labute approximate surface area is 80.6 Å². The minimum absolute atomic E-state index is 0.378. The third-order valence-electron chi connectivity index (χ3n) is 3.49. The summed E-state index contributed by atoms with van der Waals surface area (Å²) in [5, 5.41) is 0. The second kappa shape index (κ2) is 3.97. The Kier molecular flexibility index (Phi) is 2.89. The lowest BCUT2D eigenvalue weighted by Gasteiger charge is -2.41. The molecule has 0 atom stereocenters. The average Bonchev–Trinajstić information content (AvgIpc) is 2.56. The highest BCUT2D eigenvalue weighted by atomic mass is 16.5. The fourth-order valence-corrected chi connectivity index (χ4v) is 2.13. The maximum absolute atomic E-state index is 5.92. The molecule has 0 radical (unpaired) electrons. The normalized spacial score (nSPS) is 27.5. The van der Waals surface area contributed by atoms with Crippen LogP contribution >= 0.6 is 0 Å². The summed E-state index contributed by atoms with van der Waals surface area (Å²) in [7, 11) is 0. The number of hydrogen-bond acceptors (Lipinski definition) is 2. The smallest absolute Gasteiger partial charge is 0.0575 e. The molecule has 0 aromatic carbocycles. The van der Waals surface area contributed by atoms with Gasteiger partial charge in [-0.15, -0.1) is 0 Å². The van der Waals surface area contributed by atoms with E-state index in [1.54, 1.807) is 0 Å². The van der Waals surface area contributed by atoms with Gasteiger partial charge >= 0.3 is 0 Å². The number of rotatable bonds is 4. The Morgan fingerprint density at radius 2 is 2.00 bits per heavy atom. The van der Waals surface area contributed by atoms with Gasteiger partial charge in [0, 0.05) is 5.41 Å². The van der Waals surface area contributed by atoms with E-state index in [0.29, 0.717) is 11.5 Å². The summed E-state index contributed by atoms with van der Waals surface area (Å²) in [4.78, 5) is 0. The third kappa shape index (κ3) is 2.05. The summed E-state index contributed by atoms with van der Waals surface area (Å²) >= 11 is 0. The highest BCUT2D eigenvalue weighted by molar-refractivity contribution is 4.84. The molecule has 1 saturated heterocycles. The van der Waals surface area contributed by atoms with E-state index in [0.717, 1.165) is 19.8 Å². The monoisotopic (exact) mass is 184 g/mol. The Hall–Kier alpha value is -0.0800. The van der Waals surface area contributed by atoms with E-state index in [-0.39, 0.29) is 0 Å². The van der Waals surface area contributed by atoms with E-state index in [4.69, 9.17) is 9.47 Å². The van der Waals surface area contributed by atoms with Gasteiger partial charge in [-0.05, 0) is 19.3 Å². The zero-order chi connectivity index (χ0) is 9.15. The molecule has 0 spiro atoms. The van der Waals surface area contributed by atoms with Crippen molar-refractivity contribution < 1.29 is 9.47 Å². The van der Waals surface area contributed by atoms with Crippen LogP contribution in [-0.4, -0.2) is 25.9 Å². The quantitative estimate of drug-likeness (QED) is 0.668. The SMILES string of the molecule is CCC1(COC2CCCC2)COC1. The maximum Gasteiger partial charge on any atom is 0.0575 e. The topological polar surface area (TPSA) is 18.5 Å². The van der Waals surface area contributed by atoms with Gasteiger partial charge in [0.05, 0.1) is 25.9 Å². The Balaban J connectivity index is 1.71. The molecule has 1 aliphatic heterocycles. The Morgan fingerprint density at radius 3 is 2.46 bits per heavy atom. The molecule has 2 nitrogen and oxygen atoms in total. The highest BCUT2D eigenvalue weighted by Gasteiger charge is 2.37. The second-order valence-electron chi connectivity index (χ2n) is 4.56. The molecule has 2 rings (SSSR count). The van der Waals surface area contributed by atoms with Crippen LogP contribution in [0.5, 0.6) is 0 Å². The summed E-state index contributed by atoms with van der Waals surface area (Å²) in [6, 6.07) is 0. The van der Waals surface area contributed by atoms with E-state index in [1.807, 2.05) is 0 Å². The predicted molar refractivity (Wildman–Crippen MR) is 51.8 cm³/mol. The van der Waals surface area contributed by atoms with Gasteiger partial charge in [0.1, 0.15) is 0 Å². The molecule has 0 amide bonds. The van der Waals surface area contributed by atoms with Crippen molar-refractivity contribution in [2.24, 2.45) is 5.41 Å². The van der Waals surface area contributed by atoms with E-state index in [2.05, 4.69) is 6.92 Å². The minimum Gasteiger partial charge on any atom is -0.380 e. The van der Waals surface area contributed by atoms with Crippen LogP contribution in [0.2, 0.25) is 0 Å². The van der Waals surface area contributed by atoms with Gasteiger partial charge in [0.2, 0.25) is 0 Å². The van der Waals surface area contributed by atoms with Crippen molar-refractivity contribution in [2.45, 2.75) is 45.1 Å². The van der Waals surface area contributed by atoms with Crippen molar-refractivity contribution in [1.29, 1.82) is 0 Å². The summed E-state index contributed by atoms with van der Waals surface area (Å²) in [5.74, 6) is 0. The Morgan fingerprint density at radius 1 is 1.31 bits per heavy atom. The lowest BCUT2D eigenvalue weighted by molar-refractivity contribution is -0.159. The van der Waals surface area contributed by atoms with Crippen LogP contribution in [0.15, 0.2) is 0 Å². The molecular formula is C11H20O2. The van der Waals surface area contributed by atoms with Crippen molar-refractivity contribution in [2.75, 3.05) is 19.8 Å². The lowest BCUT2D eigenvalue weighted by atomic mass is 9.84. The molecule has 13 heavy (non-hydrogen) atoms. The third-order valence-corrected chi connectivity index (χ3v) is 3.49. The van der Waals surface area contributed by atoms with E-state index in [1.165, 1.54) is 32.1 Å². The van der Waals surface area contributed by atoms with Crippen LogP contribution in [0.25, 0.3) is 0 Å². The van der Waals surface area contributed by atoms with Crippen molar-refractivity contribution in [3.63, 3.8) is 0 Å². The van der Waals surface area contributed by atoms with Gasteiger partial charge in [-0.25, -0.2) is 0 Å². The average molecular weight is 184 g/mol. The van der Waals surface area contributed by atoms with Gasteiger partial charge in [-0.3, -0.25) is 0 Å². The summed E-state index contributed by atoms with van der Waals surface area (Å²) in [6.07, 6.45) is 7.03. The van der Waals surface area contributed by atoms with Gasteiger partial charge < -0.3 is 9.47 Å². The Bertz CT molecular complexity index is 152. The van der Waals surface area contributed by atoms with Crippen LogP contribution in [0.3, 0.4) is 0 Å². The van der Waals surface area contributed by atoms with Crippen LogP contribution in [0, 0.1) is 5.41 Å². The molecule has 2 fully saturated rings. The molecular weight excluding hydrogens is 164 g/mol. The number of hydrogen-bond donors (Lipinski definition) is 0. The van der Waals surface area contributed by atoms with Gasteiger partial charge in [0.25, 0.3) is 0 Å². The molecule has 0 aromatic heterocycles. The van der Waals surface area contributed by atoms with E-state index >= 15 is 0 Å². The molecule has 2 heteroatoms. The fourth-order valence-electron chi connectivity index (χ4n) is 2.13. The van der Waals surface area contributed by atoms with Crippen LogP contribution in [0.4, 0.5) is 0 Å². The standard InChI is InChI=1S/C11H20O2/c1-2-11(7-12-8-11)9-13-10-5-3-4-6-10/h10H,2-9H2,1H3. The molecule has 76 valence electrons. The van der Waals surface area contributed by atoms with Crippen LogP contribution < -0.4 is 0 Å². The molecule has 0 aromatic rings. The molecule has 1 heterocycles. The molecule has 0 bridgehead atoms. The highest BCUT2D eigenvalue weighted by Crippen LogP contribution is 2.33. The van der Waals surface area contributed by atoms with Crippen LogP contribution in [-0.2, 0) is 9.47 Å². The fraction of sp³-hybridized carbons (Fsp3) is 1.00. The first-order valence-electron chi connectivity index (χ1n) is 5.54. The first kappa shape index (κ1) is 9.47. The number of ether oxygens (including phenoxy) is 2. The van der Waals surface area contributed by atoms with Crippen molar-refractivity contribution in [1.82, 2.24) is 0 Å².